The smallest absolute Gasteiger partial charge is 0.418 e. The third kappa shape index (κ3) is 6.23. The molecule has 172 valence electrons. The van der Waals surface area contributed by atoms with E-state index >= 15 is 0 Å². The second-order valence-corrected chi connectivity index (χ2v) is 8.86. The number of quaternary nitrogens is 1. The van der Waals surface area contributed by atoms with Gasteiger partial charge in [0.15, 0.2) is 6.10 Å². The molecule has 4 N–H and O–H groups in total. The van der Waals surface area contributed by atoms with Crippen molar-refractivity contribution < 1.29 is 28.7 Å². The molecular formula is C25H22BrF3NO2S+. The van der Waals surface area contributed by atoms with Crippen LogP contribution in [0.5, 0.6) is 5.75 Å². The van der Waals surface area contributed by atoms with Crippen LogP contribution >= 0.6 is 27.3 Å². The monoisotopic (exact) mass is 536 g/mol. The predicted octanol–water partition coefficient (Wildman–Crippen LogP) is 6.38. The molecule has 1 aromatic heterocycles. The Kier molecular flexibility index (Phi) is 8.31. The first kappa shape index (κ1) is 25.0. The standard InChI is InChI=1S/C25H21BrF3NO2S/c1-2-17(24(31)25(27,28)29)12-18(14-30)23-20(10-11-33-23)21-13-19(26)8-9-22(21)32-15-16-6-4-3-5-7-16/h2-14,24,31H,1,15,30H2/p+1. The summed E-state index contributed by atoms with van der Waals surface area (Å²) in [5.74, 6) is 0.633. The molecule has 0 aliphatic heterocycles. The molecule has 2 aromatic carbocycles. The first-order valence-corrected chi connectivity index (χ1v) is 11.5. The quantitative estimate of drug-likeness (QED) is 0.328. The Morgan fingerprint density at radius 3 is 2.52 bits per heavy atom. The number of halogens is 4. The van der Waals surface area contributed by atoms with Crippen LogP contribution in [0, 0.1) is 0 Å². The number of hydrogen-bond donors (Lipinski definition) is 2. The third-order valence-electron chi connectivity index (χ3n) is 4.80. The van der Waals surface area contributed by atoms with Crippen LogP contribution in [0.25, 0.3) is 16.7 Å². The fraction of sp³-hybridized carbons (Fsp3) is 0.120. The topological polar surface area (TPSA) is 57.1 Å². The van der Waals surface area contributed by atoms with E-state index < -0.39 is 12.3 Å². The Hall–Kier alpha value is -2.65. The van der Waals surface area contributed by atoms with Crippen molar-refractivity contribution in [1.82, 2.24) is 0 Å². The molecule has 1 unspecified atom stereocenters. The summed E-state index contributed by atoms with van der Waals surface area (Å²) in [5.41, 5.74) is 6.41. The van der Waals surface area contributed by atoms with Crippen molar-refractivity contribution in [2.24, 2.45) is 0 Å². The predicted molar refractivity (Wildman–Crippen MR) is 129 cm³/mol. The number of hydrogen-bond acceptors (Lipinski definition) is 3. The molecule has 0 aliphatic rings. The van der Waals surface area contributed by atoms with E-state index in [4.69, 9.17) is 4.74 Å². The van der Waals surface area contributed by atoms with E-state index in [1.807, 2.05) is 60.0 Å². The molecular weight excluding hydrogens is 515 g/mol. The first-order chi connectivity index (χ1) is 15.7. The Morgan fingerprint density at radius 2 is 1.88 bits per heavy atom. The van der Waals surface area contributed by atoms with Crippen molar-refractivity contribution in [3.8, 4) is 16.9 Å². The maximum atomic E-state index is 13.1. The maximum Gasteiger partial charge on any atom is 0.418 e. The number of benzene rings is 2. The highest BCUT2D eigenvalue weighted by Crippen LogP contribution is 2.41. The lowest BCUT2D eigenvalue weighted by Gasteiger charge is -2.16. The Bertz CT molecular complexity index is 1170. The third-order valence-corrected chi connectivity index (χ3v) is 6.26. The normalized spacial score (nSPS) is 13.6. The molecule has 33 heavy (non-hydrogen) atoms. The summed E-state index contributed by atoms with van der Waals surface area (Å²) in [4.78, 5) is 0.696. The fourth-order valence-corrected chi connectivity index (χ4v) is 4.44. The minimum Gasteiger partial charge on any atom is -0.488 e. The summed E-state index contributed by atoms with van der Waals surface area (Å²) < 4.78 is 46.1. The van der Waals surface area contributed by atoms with Gasteiger partial charge in [0.05, 0.1) is 6.20 Å². The molecule has 3 rings (SSSR count). The van der Waals surface area contributed by atoms with Gasteiger partial charge in [-0.15, -0.1) is 11.3 Å². The minimum atomic E-state index is -4.80. The van der Waals surface area contributed by atoms with Crippen LogP contribution in [0.4, 0.5) is 13.2 Å². The molecule has 0 bridgehead atoms. The second kappa shape index (κ2) is 11.0. The van der Waals surface area contributed by atoms with Gasteiger partial charge in [0, 0.05) is 26.0 Å². The molecule has 3 aromatic rings. The van der Waals surface area contributed by atoms with Crippen LogP contribution in [0.2, 0.25) is 0 Å². The number of alkyl halides is 3. The molecule has 1 atom stereocenters. The van der Waals surface area contributed by atoms with Gasteiger partial charge < -0.3 is 15.6 Å². The van der Waals surface area contributed by atoms with Gasteiger partial charge >= 0.3 is 6.18 Å². The molecule has 0 fully saturated rings. The van der Waals surface area contributed by atoms with E-state index in [0.29, 0.717) is 22.8 Å². The average Bonchev–Trinajstić information content (AvgIpc) is 3.28. The van der Waals surface area contributed by atoms with E-state index in [2.05, 4.69) is 28.2 Å². The number of thiophene rings is 1. The zero-order valence-corrected chi connectivity index (χ0v) is 19.9. The molecule has 0 saturated carbocycles. The highest BCUT2D eigenvalue weighted by atomic mass is 79.9. The molecule has 0 saturated heterocycles. The molecule has 0 radical (unpaired) electrons. The van der Waals surface area contributed by atoms with Gasteiger partial charge in [0.25, 0.3) is 0 Å². The van der Waals surface area contributed by atoms with Gasteiger partial charge in [-0.3, -0.25) is 0 Å². The first-order valence-electron chi connectivity index (χ1n) is 9.87. The van der Waals surface area contributed by atoms with Gasteiger partial charge in [-0.2, -0.15) is 13.2 Å². The number of allylic oxidation sites excluding steroid dienone is 2. The summed E-state index contributed by atoms with van der Waals surface area (Å²) >= 11 is 4.84. The SMILES string of the molecule is C=CC(=CC(=C[NH3+])c1sccc1-c1cc(Br)ccc1OCc1ccccc1)C(O)C(F)(F)F. The van der Waals surface area contributed by atoms with Crippen LogP contribution in [-0.4, -0.2) is 17.4 Å². The van der Waals surface area contributed by atoms with Gasteiger partial charge in [-0.25, -0.2) is 0 Å². The van der Waals surface area contributed by atoms with Crippen LogP contribution in [0.15, 0.2) is 95.0 Å². The summed E-state index contributed by atoms with van der Waals surface area (Å²) in [5, 5.41) is 11.5. The molecule has 0 spiro atoms. The van der Waals surface area contributed by atoms with E-state index in [0.717, 1.165) is 27.2 Å². The Labute approximate surface area is 202 Å². The lowest BCUT2D eigenvalue weighted by molar-refractivity contribution is -0.273. The van der Waals surface area contributed by atoms with E-state index in [1.165, 1.54) is 23.6 Å². The summed E-state index contributed by atoms with van der Waals surface area (Å²) in [6, 6.07) is 17.2. The van der Waals surface area contributed by atoms with Crippen molar-refractivity contribution in [2.75, 3.05) is 0 Å². The Morgan fingerprint density at radius 1 is 1.15 bits per heavy atom. The van der Waals surface area contributed by atoms with Gasteiger partial charge in [-0.05, 0) is 46.9 Å². The van der Waals surface area contributed by atoms with E-state index in [1.54, 1.807) is 0 Å². The fourth-order valence-electron chi connectivity index (χ4n) is 3.15. The molecule has 0 aliphatic carbocycles. The highest BCUT2D eigenvalue weighted by Gasteiger charge is 2.40. The van der Waals surface area contributed by atoms with Crippen LogP contribution < -0.4 is 10.5 Å². The second-order valence-electron chi connectivity index (χ2n) is 7.03. The highest BCUT2D eigenvalue weighted by molar-refractivity contribution is 9.10. The Balaban J connectivity index is 2.00. The number of aliphatic hydroxyl groups excluding tert-OH is 1. The molecule has 0 amide bonds. The van der Waals surface area contributed by atoms with E-state index in [-0.39, 0.29) is 5.57 Å². The van der Waals surface area contributed by atoms with Gasteiger partial charge in [-0.1, -0.05) is 58.9 Å². The van der Waals surface area contributed by atoms with Crippen molar-refractivity contribution in [3.63, 3.8) is 0 Å². The van der Waals surface area contributed by atoms with Gasteiger partial charge in [0.1, 0.15) is 12.4 Å². The van der Waals surface area contributed by atoms with Crippen LogP contribution in [-0.2, 0) is 6.61 Å². The van der Waals surface area contributed by atoms with Crippen molar-refractivity contribution in [2.45, 2.75) is 18.9 Å². The maximum absolute atomic E-state index is 13.1. The molecule has 3 nitrogen and oxygen atoms in total. The lowest BCUT2D eigenvalue weighted by atomic mass is 9.99. The largest absolute Gasteiger partial charge is 0.488 e. The van der Waals surface area contributed by atoms with Gasteiger partial charge in [0.2, 0.25) is 0 Å². The van der Waals surface area contributed by atoms with Crippen molar-refractivity contribution in [3.05, 3.63) is 105 Å². The zero-order valence-electron chi connectivity index (χ0n) is 17.5. The van der Waals surface area contributed by atoms with Crippen LogP contribution in [0.3, 0.4) is 0 Å². The number of rotatable bonds is 8. The van der Waals surface area contributed by atoms with Crippen molar-refractivity contribution >= 4 is 32.8 Å². The minimum absolute atomic E-state index is 0.355. The number of aliphatic hydroxyl groups is 1. The molecule has 8 heteroatoms. The zero-order chi connectivity index (χ0) is 24.0. The summed E-state index contributed by atoms with van der Waals surface area (Å²) in [6.45, 7) is 3.79. The average molecular weight is 537 g/mol. The van der Waals surface area contributed by atoms with Crippen LogP contribution in [0.1, 0.15) is 10.4 Å². The lowest BCUT2D eigenvalue weighted by Crippen LogP contribution is -2.39. The summed E-state index contributed by atoms with van der Waals surface area (Å²) in [7, 11) is 0. The summed E-state index contributed by atoms with van der Waals surface area (Å²) in [6.07, 6.45) is -3.71. The number of ether oxygens (including phenoxy) is 1. The van der Waals surface area contributed by atoms with Crippen molar-refractivity contribution in [1.29, 1.82) is 0 Å². The molecule has 1 heterocycles. The van der Waals surface area contributed by atoms with E-state index in [9.17, 15) is 18.3 Å².